The Bertz CT molecular complexity index is 396. The lowest BCUT2D eigenvalue weighted by molar-refractivity contribution is 0.0981. The van der Waals surface area contributed by atoms with Crippen molar-refractivity contribution in [2.45, 2.75) is 149 Å². The normalized spacial score (nSPS) is 36.2. The van der Waals surface area contributed by atoms with Crippen LogP contribution in [-0.4, -0.2) is 0 Å². The first-order chi connectivity index (χ1) is 14.3. The third kappa shape index (κ3) is 7.88. The summed E-state index contributed by atoms with van der Waals surface area (Å²) in [5.41, 5.74) is 0. The molecule has 3 aliphatic carbocycles. The van der Waals surface area contributed by atoms with Crippen LogP contribution >= 0.6 is 0 Å². The Hall–Kier alpha value is 0. The van der Waals surface area contributed by atoms with Crippen molar-refractivity contribution in [3.05, 3.63) is 0 Å². The third-order valence-electron chi connectivity index (χ3n) is 9.55. The minimum Gasteiger partial charge on any atom is -0.0654 e. The molecule has 0 aromatic heterocycles. The summed E-state index contributed by atoms with van der Waals surface area (Å²) >= 11 is 0. The van der Waals surface area contributed by atoms with Gasteiger partial charge in [0, 0.05) is 0 Å². The van der Waals surface area contributed by atoms with Crippen LogP contribution in [0, 0.1) is 35.5 Å². The molecule has 0 radical (unpaired) electrons. The van der Waals surface area contributed by atoms with E-state index in [0.29, 0.717) is 0 Å². The zero-order valence-corrected chi connectivity index (χ0v) is 20.3. The molecule has 0 unspecified atom stereocenters. The van der Waals surface area contributed by atoms with Gasteiger partial charge in [-0.3, -0.25) is 0 Å². The zero-order valence-electron chi connectivity index (χ0n) is 20.3. The molecule has 0 aromatic rings. The molecule has 3 saturated carbocycles. The summed E-state index contributed by atoms with van der Waals surface area (Å²) in [5.74, 6) is 6.60. The van der Waals surface area contributed by atoms with Gasteiger partial charge in [0.05, 0.1) is 0 Å². The lowest BCUT2D eigenvalue weighted by atomic mass is 9.64. The molecule has 29 heavy (non-hydrogen) atoms. The van der Waals surface area contributed by atoms with Gasteiger partial charge in [0.1, 0.15) is 0 Å². The second-order valence-corrected chi connectivity index (χ2v) is 11.6. The van der Waals surface area contributed by atoms with Gasteiger partial charge < -0.3 is 0 Å². The Morgan fingerprint density at radius 1 is 0.448 bits per heavy atom. The van der Waals surface area contributed by atoms with E-state index in [9.17, 15) is 0 Å². The van der Waals surface area contributed by atoms with Gasteiger partial charge in [-0.25, -0.2) is 0 Å². The van der Waals surface area contributed by atoms with Crippen LogP contribution in [-0.2, 0) is 0 Å². The predicted octanol–water partition coefficient (Wildman–Crippen LogP) is 9.96. The van der Waals surface area contributed by atoms with Gasteiger partial charge in [0.15, 0.2) is 0 Å². The number of hydrogen-bond donors (Lipinski definition) is 0. The van der Waals surface area contributed by atoms with E-state index in [1.54, 1.807) is 83.5 Å². The quantitative estimate of drug-likeness (QED) is 0.301. The largest absolute Gasteiger partial charge is 0.0654 e. The summed E-state index contributed by atoms with van der Waals surface area (Å²) in [4.78, 5) is 0. The van der Waals surface area contributed by atoms with Gasteiger partial charge in [-0.2, -0.15) is 0 Å². The summed E-state index contributed by atoms with van der Waals surface area (Å²) in [6.07, 6.45) is 32.2. The van der Waals surface area contributed by atoms with E-state index in [1.165, 1.54) is 51.4 Å². The zero-order chi connectivity index (χ0) is 20.3. The topological polar surface area (TPSA) is 0 Å². The van der Waals surface area contributed by atoms with Gasteiger partial charge in [-0.15, -0.1) is 0 Å². The second-order valence-electron chi connectivity index (χ2n) is 11.6. The molecule has 0 aliphatic heterocycles. The van der Waals surface area contributed by atoms with Crippen molar-refractivity contribution < 1.29 is 0 Å². The molecule has 3 aliphatic rings. The maximum Gasteiger partial charge on any atom is -0.0383 e. The highest BCUT2D eigenvalue weighted by Crippen LogP contribution is 2.46. The molecule has 0 N–H and O–H groups in total. The summed E-state index contributed by atoms with van der Waals surface area (Å²) in [6, 6.07) is 0. The van der Waals surface area contributed by atoms with Crippen molar-refractivity contribution in [3.8, 4) is 0 Å². The van der Waals surface area contributed by atoms with Gasteiger partial charge >= 0.3 is 0 Å². The first-order valence-electron chi connectivity index (χ1n) is 14.3. The Labute approximate surface area is 184 Å². The predicted molar refractivity (Wildman–Crippen MR) is 129 cm³/mol. The fourth-order valence-electron chi connectivity index (χ4n) is 7.59. The average molecular weight is 403 g/mol. The molecule has 0 saturated heterocycles. The van der Waals surface area contributed by atoms with E-state index in [-0.39, 0.29) is 0 Å². The van der Waals surface area contributed by atoms with Crippen LogP contribution in [0.5, 0.6) is 0 Å². The Kier molecular flexibility index (Phi) is 10.9. The summed E-state index contributed by atoms with van der Waals surface area (Å²) < 4.78 is 0. The van der Waals surface area contributed by atoms with Gasteiger partial charge in [0.25, 0.3) is 0 Å². The molecular formula is C29H54. The molecule has 0 heteroatoms. The average Bonchev–Trinajstić information content (AvgIpc) is 2.78. The summed E-state index contributed by atoms with van der Waals surface area (Å²) in [6.45, 7) is 4.69. The van der Waals surface area contributed by atoms with Crippen LogP contribution in [0.25, 0.3) is 0 Å². The first-order valence-corrected chi connectivity index (χ1v) is 14.3. The lowest BCUT2D eigenvalue weighted by Gasteiger charge is -2.41. The molecule has 2 atom stereocenters. The second kappa shape index (κ2) is 13.4. The van der Waals surface area contributed by atoms with Gasteiger partial charge in [-0.05, 0) is 80.5 Å². The molecule has 0 aromatic carbocycles. The van der Waals surface area contributed by atoms with Crippen molar-refractivity contribution in [2.24, 2.45) is 35.5 Å². The number of rotatable bonds is 11. The van der Waals surface area contributed by atoms with Crippen molar-refractivity contribution >= 4 is 0 Å². The van der Waals surface area contributed by atoms with Gasteiger partial charge in [0.2, 0.25) is 0 Å². The molecule has 170 valence electrons. The number of hydrogen-bond acceptors (Lipinski definition) is 0. The third-order valence-corrected chi connectivity index (χ3v) is 9.55. The molecule has 0 spiro atoms. The van der Waals surface area contributed by atoms with E-state index < -0.39 is 0 Å². The molecular weight excluding hydrogens is 348 g/mol. The van der Waals surface area contributed by atoms with Crippen LogP contribution in [0.15, 0.2) is 0 Å². The first kappa shape index (κ1) is 23.7. The standard InChI is InChI=1S/C29H54/c1-3-5-7-8-9-12-24-15-17-26(18-16-24)27-19-21-28(22-20-27)29-14-10-13-25(23-29)11-6-4-2/h24-29H,3-23H2,1-2H3/t24-,25-,26-,27?,28?,29+/m0/s1. The van der Waals surface area contributed by atoms with Crippen molar-refractivity contribution in [1.29, 1.82) is 0 Å². The maximum absolute atomic E-state index is 2.36. The highest BCUT2D eigenvalue weighted by atomic mass is 14.4. The molecule has 0 amide bonds. The highest BCUT2D eigenvalue weighted by Gasteiger charge is 2.34. The van der Waals surface area contributed by atoms with E-state index in [2.05, 4.69) is 13.8 Å². The van der Waals surface area contributed by atoms with Gasteiger partial charge in [-0.1, -0.05) is 104 Å². The molecule has 3 fully saturated rings. The molecule has 0 heterocycles. The van der Waals surface area contributed by atoms with Crippen molar-refractivity contribution in [2.75, 3.05) is 0 Å². The molecule has 0 nitrogen and oxygen atoms in total. The van der Waals surface area contributed by atoms with Crippen molar-refractivity contribution in [1.82, 2.24) is 0 Å². The van der Waals surface area contributed by atoms with E-state index in [1.807, 2.05) is 0 Å². The number of unbranched alkanes of at least 4 members (excludes halogenated alkanes) is 5. The summed E-state index contributed by atoms with van der Waals surface area (Å²) in [5, 5.41) is 0. The minimum atomic E-state index is 1.09. The van der Waals surface area contributed by atoms with Crippen LogP contribution in [0.1, 0.15) is 149 Å². The molecule has 0 bridgehead atoms. The smallest absolute Gasteiger partial charge is 0.0383 e. The molecule has 3 rings (SSSR count). The highest BCUT2D eigenvalue weighted by molar-refractivity contribution is 4.86. The maximum atomic E-state index is 2.36. The van der Waals surface area contributed by atoms with Crippen LogP contribution in [0.2, 0.25) is 0 Å². The Morgan fingerprint density at radius 3 is 1.66 bits per heavy atom. The Morgan fingerprint density at radius 2 is 1.00 bits per heavy atom. The van der Waals surface area contributed by atoms with Crippen LogP contribution in [0.3, 0.4) is 0 Å². The van der Waals surface area contributed by atoms with Crippen molar-refractivity contribution in [3.63, 3.8) is 0 Å². The Balaban J connectivity index is 1.30. The fraction of sp³-hybridized carbons (Fsp3) is 1.00. The fourth-order valence-corrected chi connectivity index (χ4v) is 7.59. The summed E-state index contributed by atoms with van der Waals surface area (Å²) in [7, 11) is 0. The van der Waals surface area contributed by atoms with Crippen LogP contribution in [0.4, 0.5) is 0 Å². The SMILES string of the molecule is CCCCCCC[C@H]1CC[C@H](C2CCC([C@@H]3CCC[C@H](CCCC)C3)CC2)CC1. The lowest BCUT2D eigenvalue weighted by Crippen LogP contribution is -2.30. The van der Waals surface area contributed by atoms with E-state index in [0.717, 1.165) is 35.5 Å². The minimum absolute atomic E-state index is 1.09. The van der Waals surface area contributed by atoms with E-state index in [4.69, 9.17) is 0 Å². The van der Waals surface area contributed by atoms with E-state index >= 15 is 0 Å². The van der Waals surface area contributed by atoms with Crippen LogP contribution < -0.4 is 0 Å². The monoisotopic (exact) mass is 402 g/mol.